The zero-order valence-corrected chi connectivity index (χ0v) is 19.9. The topological polar surface area (TPSA) is 54.3 Å². The summed E-state index contributed by atoms with van der Waals surface area (Å²) in [6.07, 6.45) is 2.05. The second-order valence-corrected chi connectivity index (χ2v) is 9.40. The van der Waals surface area contributed by atoms with Gasteiger partial charge in [-0.15, -0.1) is 0 Å². The highest BCUT2D eigenvalue weighted by Crippen LogP contribution is 2.44. The molecule has 2 amide bonds. The van der Waals surface area contributed by atoms with Crippen LogP contribution in [0.2, 0.25) is 0 Å². The standard InChI is InChI=1S/C29H29N3O2/c1-18(2)19-13-15-20(16-14-19)30-28(33)26-22-10-5-6-11-23(22)29(34)32(4)27(26)24-17-31(3)25-12-8-7-9-21(24)25/h5-18,26-27H,1-4H3,(H,30,33). The number of aryl methyl sites for hydroxylation is 1. The third-order valence-electron chi connectivity index (χ3n) is 6.95. The number of likely N-dealkylation sites (N-methyl/N-ethyl adjacent to an activating group) is 1. The Balaban J connectivity index is 1.62. The molecule has 0 saturated heterocycles. The van der Waals surface area contributed by atoms with E-state index < -0.39 is 12.0 Å². The van der Waals surface area contributed by atoms with Gasteiger partial charge in [0, 0.05) is 48.0 Å². The first-order chi connectivity index (χ1) is 16.4. The molecule has 4 aromatic rings. The lowest BCUT2D eigenvalue weighted by Gasteiger charge is -2.39. The van der Waals surface area contributed by atoms with Gasteiger partial charge in [-0.05, 0) is 41.3 Å². The Bertz CT molecular complexity index is 1380. The van der Waals surface area contributed by atoms with Crippen molar-refractivity contribution in [1.29, 1.82) is 0 Å². The van der Waals surface area contributed by atoms with Crippen molar-refractivity contribution in [2.75, 3.05) is 12.4 Å². The molecule has 1 aromatic heterocycles. The zero-order chi connectivity index (χ0) is 24.0. The van der Waals surface area contributed by atoms with Crippen LogP contribution >= 0.6 is 0 Å². The number of fused-ring (bicyclic) bond motifs is 2. The van der Waals surface area contributed by atoms with Gasteiger partial charge in [-0.2, -0.15) is 0 Å². The number of carbonyl (C=O) groups excluding carboxylic acids is 2. The van der Waals surface area contributed by atoms with Crippen LogP contribution in [0, 0.1) is 0 Å². The summed E-state index contributed by atoms with van der Waals surface area (Å²) in [7, 11) is 3.79. The molecule has 2 atom stereocenters. The molecular formula is C29H29N3O2. The molecule has 0 saturated carbocycles. The molecule has 5 nitrogen and oxygen atoms in total. The lowest BCUT2D eigenvalue weighted by molar-refractivity contribution is -0.119. The fraction of sp³-hybridized carbons (Fsp3) is 0.241. The lowest BCUT2D eigenvalue weighted by atomic mass is 9.79. The van der Waals surface area contributed by atoms with Crippen LogP contribution in [0.5, 0.6) is 0 Å². The summed E-state index contributed by atoms with van der Waals surface area (Å²) in [6.45, 7) is 4.29. The Morgan fingerprint density at radius 3 is 2.29 bits per heavy atom. The van der Waals surface area contributed by atoms with Gasteiger partial charge in [0.05, 0.1) is 12.0 Å². The highest BCUT2D eigenvalue weighted by atomic mass is 16.2. The van der Waals surface area contributed by atoms with E-state index in [-0.39, 0.29) is 11.8 Å². The van der Waals surface area contributed by atoms with E-state index in [1.165, 1.54) is 5.56 Å². The fourth-order valence-electron chi connectivity index (χ4n) is 5.13. The van der Waals surface area contributed by atoms with Gasteiger partial charge < -0.3 is 14.8 Å². The van der Waals surface area contributed by atoms with Crippen LogP contribution in [0.3, 0.4) is 0 Å². The molecule has 0 aliphatic carbocycles. The monoisotopic (exact) mass is 451 g/mol. The van der Waals surface area contributed by atoms with Crippen molar-refractivity contribution in [3.8, 4) is 0 Å². The molecule has 2 unspecified atom stereocenters. The Hall–Kier alpha value is -3.86. The maximum Gasteiger partial charge on any atom is 0.254 e. The summed E-state index contributed by atoms with van der Waals surface area (Å²) in [4.78, 5) is 28.9. The molecule has 0 bridgehead atoms. The number of carbonyl (C=O) groups is 2. The summed E-state index contributed by atoms with van der Waals surface area (Å²) in [6, 6.07) is 23.1. The van der Waals surface area contributed by atoms with Crippen molar-refractivity contribution in [3.63, 3.8) is 0 Å². The van der Waals surface area contributed by atoms with E-state index in [9.17, 15) is 9.59 Å². The van der Waals surface area contributed by atoms with E-state index in [0.29, 0.717) is 11.5 Å². The predicted octanol–water partition coefficient (Wildman–Crippen LogP) is 5.85. The first kappa shape index (κ1) is 22.0. The molecule has 172 valence electrons. The van der Waals surface area contributed by atoms with Crippen molar-refractivity contribution in [3.05, 3.63) is 101 Å². The average Bonchev–Trinajstić information content (AvgIpc) is 3.17. The van der Waals surface area contributed by atoms with Crippen molar-refractivity contribution >= 4 is 28.4 Å². The van der Waals surface area contributed by atoms with Crippen LogP contribution in [-0.2, 0) is 11.8 Å². The number of nitrogens with zero attached hydrogens (tertiary/aromatic N) is 2. The largest absolute Gasteiger partial charge is 0.350 e. The van der Waals surface area contributed by atoms with E-state index in [1.807, 2.05) is 73.9 Å². The lowest BCUT2D eigenvalue weighted by Crippen LogP contribution is -2.44. The molecule has 1 N–H and O–H groups in total. The van der Waals surface area contributed by atoms with Gasteiger partial charge in [0.1, 0.15) is 0 Å². The van der Waals surface area contributed by atoms with Gasteiger partial charge in [-0.3, -0.25) is 9.59 Å². The summed E-state index contributed by atoms with van der Waals surface area (Å²) < 4.78 is 2.06. The number of aromatic nitrogens is 1. The molecule has 3 aromatic carbocycles. The third kappa shape index (κ3) is 3.58. The number of rotatable bonds is 4. The summed E-state index contributed by atoms with van der Waals surface area (Å²) in [5.74, 6) is -0.319. The average molecular weight is 452 g/mol. The van der Waals surface area contributed by atoms with E-state index in [2.05, 4.69) is 35.9 Å². The van der Waals surface area contributed by atoms with Crippen molar-refractivity contribution in [2.45, 2.75) is 31.7 Å². The second kappa shape index (κ2) is 8.49. The smallest absolute Gasteiger partial charge is 0.254 e. The fourth-order valence-corrected chi connectivity index (χ4v) is 5.13. The van der Waals surface area contributed by atoms with Gasteiger partial charge in [0.15, 0.2) is 0 Å². The summed E-state index contributed by atoms with van der Waals surface area (Å²) in [5, 5.41) is 4.17. The number of hydrogen-bond donors (Lipinski definition) is 1. The number of hydrogen-bond acceptors (Lipinski definition) is 2. The van der Waals surface area contributed by atoms with Crippen LogP contribution in [-0.4, -0.2) is 28.3 Å². The van der Waals surface area contributed by atoms with Crippen LogP contribution in [0.4, 0.5) is 5.69 Å². The Labute approximate surface area is 200 Å². The normalized spacial score (nSPS) is 17.8. The van der Waals surface area contributed by atoms with Crippen LogP contribution in [0.1, 0.15) is 58.8 Å². The van der Waals surface area contributed by atoms with Gasteiger partial charge in [0.25, 0.3) is 5.91 Å². The Morgan fingerprint density at radius 2 is 1.56 bits per heavy atom. The van der Waals surface area contributed by atoms with Gasteiger partial charge >= 0.3 is 0 Å². The summed E-state index contributed by atoms with van der Waals surface area (Å²) in [5.41, 5.74) is 5.36. The summed E-state index contributed by atoms with van der Waals surface area (Å²) >= 11 is 0. The Kier molecular flexibility index (Phi) is 5.48. The van der Waals surface area contributed by atoms with E-state index in [0.717, 1.165) is 27.7 Å². The van der Waals surface area contributed by atoms with Crippen LogP contribution in [0.25, 0.3) is 10.9 Å². The first-order valence-corrected chi connectivity index (χ1v) is 11.7. The number of para-hydroxylation sites is 1. The zero-order valence-electron chi connectivity index (χ0n) is 19.9. The minimum absolute atomic E-state index is 0.0705. The molecule has 1 aliphatic rings. The van der Waals surface area contributed by atoms with Crippen molar-refractivity contribution in [2.24, 2.45) is 7.05 Å². The molecule has 0 fully saturated rings. The van der Waals surface area contributed by atoms with E-state index in [4.69, 9.17) is 0 Å². The van der Waals surface area contributed by atoms with Gasteiger partial charge in [0.2, 0.25) is 5.91 Å². The highest BCUT2D eigenvalue weighted by molar-refractivity contribution is 6.05. The molecule has 5 heteroatoms. The second-order valence-electron chi connectivity index (χ2n) is 9.40. The van der Waals surface area contributed by atoms with Gasteiger partial charge in [-0.25, -0.2) is 0 Å². The number of amides is 2. The number of anilines is 1. The molecular weight excluding hydrogens is 422 g/mol. The quantitative estimate of drug-likeness (QED) is 0.423. The molecule has 34 heavy (non-hydrogen) atoms. The third-order valence-corrected chi connectivity index (χ3v) is 6.95. The van der Waals surface area contributed by atoms with E-state index in [1.54, 1.807) is 11.9 Å². The maximum absolute atomic E-state index is 13.9. The Morgan fingerprint density at radius 1 is 0.882 bits per heavy atom. The molecule has 0 spiro atoms. The van der Waals surface area contributed by atoms with E-state index >= 15 is 0 Å². The molecule has 1 aliphatic heterocycles. The molecule has 5 rings (SSSR count). The highest BCUT2D eigenvalue weighted by Gasteiger charge is 2.43. The first-order valence-electron chi connectivity index (χ1n) is 11.7. The SMILES string of the molecule is CC(C)c1ccc(NC(=O)C2c3ccccc3C(=O)N(C)C2c2cn(C)c3ccccc23)cc1. The predicted molar refractivity (Wildman–Crippen MR) is 136 cm³/mol. The number of nitrogens with one attached hydrogen (secondary N) is 1. The maximum atomic E-state index is 13.9. The van der Waals surface area contributed by atoms with Gasteiger partial charge in [-0.1, -0.05) is 62.4 Å². The molecule has 2 heterocycles. The minimum atomic E-state index is -0.547. The van der Waals surface area contributed by atoms with Crippen molar-refractivity contribution < 1.29 is 9.59 Å². The molecule has 0 radical (unpaired) electrons. The van der Waals surface area contributed by atoms with Crippen molar-refractivity contribution in [1.82, 2.24) is 9.47 Å². The van der Waals surface area contributed by atoms with Crippen LogP contribution in [0.15, 0.2) is 79.0 Å². The van der Waals surface area contributed by atoms with Crippen LogP contribution < -0.4 is 5.32 Å². The number of benzene rings is 3. The minimum Gasteiger partial charge on any atom is -0.350 e.